The van der Waals surface area contributed by atoms with E-state index in [1.807, 2.05) is 0 Å². The summed E-state index contributed by atoms with van der Waals surface area (Å²) in [5.41, 5.74) is -0.157. The predicted molar refractivity (Wildman–Crippen MR) is 105 cm³/mol. The van der Waals surface area contributed by atoms with Gasteiger partial charge in [-0.1, -0.05) is 30.9 Å². The summed E-state index contributed by atoms with van der Waals surface area (Å²) in [5, 5.41) is 13.7. The third kappa shape index (κ3) is 4.67. The molecule has 1 saturated carbocycles. The highest BCUT2D eigenvalue weighted by atomic mass is 35.5. The smallest absolute Gasteiger partial charge is 0.252 e. The van der Waals surface area contributed by atoms with Crippen molar-refractivity contribution in [3.63, 3.8) is 0 Å². The third-order valence-corrected chi connectivity index (χ3v) is 5.25. The number of rotatable bonds is 5. The zero-order valence-electron chi connectivity index (χ0n) is 15.2. The van der Waals surface area contributed by atoms with Gasteiger partial charge in [-0.25, -0.2) is 4.98 Å². The van der Waals surface area contributed by atoms with Crippen molar-refractivity contribution in [3.05, 3.63) is 51.4 Å². The van der Waals surface area contributed by atoms with Gasteiger partial charge in [-0.05, 0) is 31.0 Å². The average Bonchev–Trinajstić information content (AvgIpc) is 2.66. The van der Waals surface area contributed by atoms with Gasteiger partial charge in [-0.15, -0.1) is 0 Å². The van der Waals surface area contributed by atoms with Crippen molar-refractivity contribution >= 4 is 29.1 Å². The Morgan fingerprint density at radius 2 is 2.07 bits per heavy atom. The van der Waals surface area contributed by atoms with Gasteiger partial charge in [0.1, 0.15) is 0 Å². The minimum absolute atomic E-state index is 0.204. The number of aliphatic hydroxyl groups is 1. The Balaban J connectivity index is 1.76. The van der Waals surface area contributed by atoms with Crippen molar-refractivity contribution in [2.45, 2.75) is 37.7 Å². The summed E-state index contributed by atoms with van der Waals surface area (Å²) in [6.45, 7) is 0.204. The molecule has 1 amide bonds. The number of H-pyrrole nitrogens is 1. The van der Waals surface area contributed by atoms with E-state index in [0.717, 1.165) is 19.3 Å². The highest BCUT2D eigenvalue weighted by Gasteiger charge is 2.29. The van der Waals surface area contributed by atoms with Gasteiger partial charge in [0, 0.05) is 31.5 Å². The lowest BCUT2D eigenvalue weighted by atomic mass is 9.85. The van der Waals surface area contributed by atoms with Gasteiger partial charge in [0.05, 0.1) is 16.2 Å². The van der Waals surface area contributed by atoms with Crippen molar-refractivity contribution in [2.24, 2.45) is 0 Å². The molecule has 1 aliphatic carbocycles. The zero-order chi connectivity index (χ0) is 19.4. The molecule has 0 unspecified atom stereocenters. The number of amides is 1. The van der Waals surface area contributed by atoms with Crippen LogP contribution in [0.5, 0.6) is 0 Å². The zero-order valence-corrected chi connectivity index (χ0v) is 15.9. The SMILES string of the molecule is CN(c1ccc(Cl)c(C(=O)NCC2(O)CCCCC2)c1)c1nccc(=O)[nH]1. The van der Waals surface area contributed by atoms with E-state index in [4.69, 9.17) is 11.6 Å². The van der Waals surface area contributed by atoms with Crippen LogP contribution >= 0.6 is 11.6 Å². The predicted octanol–water partition coefficient (Wildman–Crippen LogP) is 2.62. The lowest BCUT2D eigenvalue weighted by Crippen LogP contribution is -2.44. The first-order valence-corrected chi connectivity index (χ1v) is 9.35. The fourth-order valence-electron chi connectivity index (χ4n) is 3.28. The Labute approximate surface area is 162 Å². The molecule has 0 bridgehead atoms. The van der Waals surface area contributed by atoms with Crippen LogP contribution in [0.25, 0.3) is 0 Å². The molecule has 2 aromatic rings. The van der Waals surface area contributed by atoms with Crippen LogP contribution in [0.1, 0.15) is 42.5 Å². The maximum atomic E-state index is 12.6. The summed E-state index contributed by atoms with van der Waals surface area (Å²) in [6, 6.07) is 6.32. The largest absolute Gasteiger partial charge is 0.388 e. The molecule has 1 heterocycles. The van der Waals surface area contributed by atoms with Gasteiger partial charge in [0.15, 0.2) is 0 Å². The Kier molecular flexibility index (Phi) is 5.82. The second-order valence-electron chi connectivity index (χ2n) is 6.95. The number of nitrogens with one attached hydrogen (secondary N) is 2. The van der Waals surface area contributed by atoms with Crippen LogP contribution < -0.4 is 15.8 Å². The summed E-state index contributed by atoms with van der Waals surface area (Å²) in [5.74, 6) is 0.0106. The van der Waals surface area contributed by atoms with Crippen molar-refractivity contribution in [1.29, 1.82) is 0 Å². The van der Waals surface area contributed by atoms with E-state index < -0.39 is 5.60 Å². The molecule has 1 fully saturated rings. The van der Waals surface area contributed by atoms with Crippen molar-refractivity contribution in [2.75, 3.05) is 18.5 Å². The molecular weight excluding hydrogens is 368 g/mol. The lowest BCUT2D eigenvalue weighted by molar-refractivity contribution is 0.00526. The molecular formula is C19H23ClN4O3. The van der Waals surface area contributed by atoms with Crippen molar-refractivity contribution < 1.29 is 9.90 Å². The highest BCUT2D eigenvalue weighted by molar-refractivity contribution is 6.34. The van der Waals surface area contributed by atoms with E-state index in [-0.39, 0.29) is 18.0 Å². The molecule has 1 aromatic heterocycles. The second-order valence-corrected chi connectivity index (χ2v) is 7.36. The standard InChI is InChI=1S/C19H23ClN4O3/c1-24(18-21-10-7-16(25)23-18)13-5-6-15(20)14(11-13)17(26)22-12-19(27)8-3-2-4-9-19/h5-7,10-11,27H,2-4,8-9,12H2,1H3,(H,22,26)(H,21,23,25). The number of halogens is 1. The van der Waals surface area contributed by atoms with Gasteiger partial charge < -0.3 is 15.3 Å². The molecule has 3 N–H and O–H groups in total. The fourth-order valence-corrected chi connectivity index (χ4v) is 3.48. The first kappa shape index (κ1) is 19.4. The molecule has 0 saturated heterocycles. The first-order valence-electron chi connectivity index (χ1n) is 8.97. The number of carbonyl (C=O) groups is 1. The number of hydrogen-bond acceptors (Lipinski definition) is 5. The molecule has 8 heteroatoms. The Bertz CT molecular complexity index is 877. The molecule has 0 aliphatic heterocycles. The summed E-state index contributed by atoms with van der Waals surface area (Å²) >= 11 is 6.21. The van der Waals surface area contributed by atoms with E-state index in [1.54, 1.807) is 30.1 Å². The summed E-state index contributed by atoms with van der Waals surface area (Å²) in [7, 11) is 1.73. The summed E-state index contributed by atoms with van der Waals surface area (Å²) in [4.78, 5) is 32.5. The molecule has 144 valence electrons. The van der Waals surface area contributed by atoms with E-state index in [1.165, 1.54) is 12.3 Å². The minimum atomic E-state index is -0.845. The van der Waals surface area contributed by atoms with Crippen LogP contribution in [0.4, 0.5) is 11.6 Å². The van der Waals surface area contributed by atoms with Crippen LogP contribution in [-0.4, -0.2) is 40.2 Å². The van der Waals surface area contributed by atoms with Gasteiger partial charge >= 0.3 is 0 Å². The Hall–Kier alpha value is -2.38. The molecule has 3 rings (SSSR count). The normalized spacial score (nSPS) is 16.0. The number of nitrogens with zero attached hydrogens (tertiary/aromatic N) is 2. The molecule has 1 aromatic carbocycles. The van der Waals surface area contributed by atoms with Gasteiger partial charge in [-0.2, -0.15) is 0 Å². The van der Waals surface area contributed by atoms with Gasteiger partial charge in [0.2, 0.25) is 5.95 Å². The molecule has 0 atom stereocenters. The number of aromatic nitrogens is 2. The van der Waals surface area contributed by atoms with Crippen LogP contribution in [0.2, 0.25) is 5.02 Å². The van der Waals surface area contributed by atoms with E-state index in [9.17, 15) is 14.7 Å². The molecule has 7 nitrogen and oxygen atoms in total. The number of anilines is 2. The van der Waals surface area contributed by atoms with Crippen LogP contribution in [0.3, 0.4) is 0 Å². The van der Waals surface area contributed by atoms with E-state index in [2.05, 4.69) is 15.3 Å². The third-order valence-electron chi connectivity index (χ3n) is 4.92. The van der Waals surface area contributed by atoms with E-state index >= 15 is 0 Å². The second kappa shape index (κ2) is 8.10. The number of carbonyl (C=O) groups excluding carboxylic acids is 1. The fraction of sp³-hybridized carbons (Fsp3) is 0.421. The van der Waals surface area contributed by atoms with Gasteiger partial charge in [0.25, 0.3) is 11.5 Å². The lowest BCUT2D eigenvalue weighted by Gasteiger charge is -2.32. The maximum Gasteiger partial charge on any atom is 0.252 e. The molecule has 0 radical (unpaired) electrons. The quantitative estimate of drug-likeness (QED) is 0.729. The topological polar surface area (TPSA) is 98.3 Å². The van der Waals surface area contributed by atoms with Crippen LogP contribution in [0.15, 0.2) is 35.3 Å². The van der Waals surface area contributed by atoms with Crippen molar-refractivity contribution in [1.82, 2.24) is 15.3 Å². The molecule has 27 heavy (non-hydrogen) atoms. The summed E-state index contributed by atoms with van der Waals surface area (Å²) in [6.07, 6.45) is 5.85. The highest BCUT2D eigenvalue weighted by Crippen LogP contribution is 2.28. The van der Waals surface area contributed by atoms with Crippen molar-refractivity contribution in [3.8, 4) is 0 Å². The summed E-state index contributed by atoms with van der Waals surface area (Å²) < 4.78 is 0. The molecule has 0 spiro atoms. The Morgan fingerprint density at radius 1 is 1.33 bits per heavy atom. The maximum absolute atomic E-state index is 12.6. The first-order chi connectivity index (χ1) is 12.9. The number of hydrogen-bond donors (Lipinski definition) is 3. The monoisotopic (exact) mass is 390 g/mol. The van der Waals surface area contributed by atoms with E-state index in [0.29, 0.717) is 35.1 Å². The van der Waals surface area contributed by atoms with Gasteiger partial charge in [-0.3, -0.25) is 14.6 Å². The van der Waals surface area contributed by atoms with Crippen LogP contribution in [0, 0.1) is 0 Å². The minimum Gasteiger partial charge on any atom is -0.388 e. The Morgan fingerprint density at radius 3 is 2.78 bits per heavy atom. The van der Waals surface area contributed by atoms with Crippen LogP contribution in [-0.2, 0) is 0 Å². The number of benzene rings is 1. The molecule has 1 aliphatic rings. The number of aromatic amines is 1. The average molecular weight is 391 g/mol.